The van der Waals surface area contributed by atoms with Crippen LogP contribution in [0.25, 0.3) is 11.3 Å². The molecule has 1 heterocycles. The van der Waals surface area contributed by atoms with E-state index in [-0.39, 0.29) is 5.69 Å². The minimum Gasteiger partial charge on any atom is -0.399 e. The predicted octanol–water partition coefficient (Wildman–Crippen LogP) is 3.28. The fraction of sp³-hybridized carbons (Fsp3) is 0.0909. The number of nitrogen functional groups attached to an aromatic ring is 1. The van der Waals surface area contributed by atoms with Crippen LogP contribution in [0.1, 0.15) is 5.56 Å². The molecule has 0 unspecified atom stereocenters. The summed E-state index contributed by atoms with van der Waals surface area (Å²) in [4.78, 5) is 2.84. The van der Waals surface area contributed by atoms with Gasteiger partial charge in [0.05, 0.1) is 5.56 Å². The number of hydrogen-bond acceptors (Lipinski definition) is 1. The van der Waals surface area contributed by atoms with Gasteiger partial charge in [0.1, 0.15) is 0 Å². The zero-order valence-electron chi connectivity index (χ0n) is 8.18. The van der Waals surface area contributed by atoms with Gasteiger partial charge in [0.15, 0.2) is 0 Å². The van der Waals surface area contributed by atoms with Gasteiger partial charge in [-0.25, -0.2) is 0 Å². The van der Waals surface area contributed by atoms with Gasteiger partial charge in [0, 0.05) is 23.1 Å². The third-order valence-electron chi connectivity index (χ3n) is 2.19. The van der Waals surface area contributed by atoms with E-state index in [1.165, 1.54) is 6.07 Å². The number of anilines is 1. The molecular weight excluding hydrogens is 217 g/mol. The first kappa shape index (κ1) is 10.6. The van der Waals surface area contributed by atoms with Crippen molar-refractivity contribution < 1.29 is 13.2 Å². The molecule has 0 amide bonds. The van der Waals surface area contributed by atoms with E-state index < -0.39 is 11.7 Å². The van der Waals surface area contributed by atoms with Gasteiger partial charge in [-0.2, -0.15) is 13.2 Å². The maximum Gasteiger partial charge on any atom is 0.416 e. The van der Waals surface area contributed by atoms with E-state index in [9.17, 15) is 13.2 Å². The van der Waals surface area contributed by atoms with Crippen molar-refractivity contribution in [1.29, 1.82) is 0 Å². The number of nitrogens with two attached hydrogens (primary N) is 1. The molecule has 5 heteroatoms. The largest absolute Gasteiger partial charge is 0.416 e. The van der Waals surface area contributed by atoms with Crippen LogP contribution in [0.15, 0.2) is 36.5 Å². The molecule has 0 aliphatic carbocycles. The number of alkyl halides is 3. The van der Waals surface area contributed by atoms with E-state index in [0.717, 1.165) is 12.1 Å². The Hall–Kier alpha value is -1.91. The average Bonchev–Trinajstić information content (AvgIpc) is 2.68. The highest BCUT2D eigenvalue weighted by atomic mass is 19.4. The normalized spacial score (nSPS) is 11.7. The van der Waals surface area contributed by atoms with E-state index in [1.807, 2.05) is 0 Å². The summed E-state index contributed by atoms with van der Waals surface area (Å²) < 4.78 is 37.6. The molecule has 0 aliphatic rings. The van der Waals surface area contributed by atoms with Crippen molar-refractivity contribution in [3.63, 3.8) is 0 Å². The molecule has 3 N–H and O–H groups in total. The molecular formula is C11H9F3N2. The van der Waals surface area contributed by atoms with Crippen LogP contribution in [0, 0.1) is 0 Å². The zero-order chi connectivity index (χ0) is 11.8. The van der Waals surface area contributed by atoms with Gasteiger partial charge in [0.25, 0.3) is 0 Å². The van der Waals surface area contributed by atoms with Crippen LogP contribution in [0.4, 0.5) is 18.9 Å². The van der Waals surface area contributed by atoms with Crippen molar-refractivity contribution in [1.82, 2.24) is 4.98 Å². The standard InChI is InChI=1S/C11H9F3N2/c12-11(13,14)8-4-7(5-9(15)6-8)10-2-1-3-16-10/h1-6,16H,15H2. The lowest BCUT2D eigenvalue weighted by Crippen LogP contribution is -2.06. The van der Waals surface area contributed by atoms with Crippen LogP contribution in [0.5, 0.6) is 0 Å². The molecule has 0 fully saturated rings. The monoisotopic (exact) mass is 226 g/mol. The zero-order valence-corrected chi connectivity index (χ0v) is 8.18. The number of H-pyrrole nitrogens is 1. The predicted molar refractivity (Wildman–Crippen MR) is 55.6 cm³/mol. The van der Waals surface area contributed by atoms with Crippen molar-refractivity contribution >= 4 is 5.69 Å². The quantitative estimate of drug-likeness (QED) is 0.720. The lowest BCUT2D eigenvalue weighted by Gasteiger charge is -2.09. The Labute approximate surface area is 89.9 Å². The van der Waals surface area contributed by atoms with Gasteiger partial charge in [-0.05, 0) is 30.3 Å². The second-order valence-electron chi connectivity index (χ2n) is 3.43. The number of aromatic amines is 1. The highest BCUT2D eigenvalue weighted by Gasteiger charge is 2.31. The summed E-state index contributed by atoms with van der Waals surface area (Å²) in [6.07, 6.45) is -2.73. The molecule has 0 atom stereocenters. The summed E-state index contributed by atoms with van der Waals surface area (Å²) in [5.41, 5.74) is 5.84. The molecule has 2 rings (SSSR count). The molecule has 84 valence electrons. The molecule has 0 saturated heterocycles. The van der Waals surface area contributed by atoms with Gasteiger partial charge in [0.2, 0.25) is 0 Å². The van der Waals surface area contributed by atoms with Crippen molar-refractivity contribution in [2.24, 2.45) is 0 Å². The number of benzene rings is 1. The number of hydrogen-bond donors (Lipinski definition) is 2. The molecule has 16 heavy (non-hydrogen) atoms. The second-order valence-corrected chi connectivity index (χ2v) is 3.43. The van der Waals surface area contributed by atoms with Crippen LogP contribution in [0.2, 0.25) is 0 Å². The van der Waals surface area contributed by atoms with Gasteiger partial charge in [-0.3, -0.25) is 0 Å². The molecule has 0 spiro atoms. The molecule has 0 radical (unpaired) electrons. The number of halogens is 3. The Bertz CT molecular complexity index is 486. The Morgan fingerprint density at radius 3 is 2.44 bits per heavy atom. The Balaban J connectivity index is 2.53. The summed E-state index contributed by atoms with van der Waals surface area (Å²) in [6, 6.07) is 6.90. The number of aromatic nitrogens is 1. The maximum atomic E-state index is 12.5. The third kappa shape index (κ3) is 2.03. The van der Waals surface area contributed by atoms with Crippen LogP contribution in [0.3, 0.4) is 0 Å². The van der Waals surface area contributed by atoms with Crippen LogP contribution in [-0.2, 0) is 6.18 Å². The number of nitrogens with one attached hydrogen (secondary N) is 1. The van der Waals surface area contributed by atoms with Gasteiger partial charge in [-0.1, -0.05) is 0 Å². The fourth-order valence-electron chi connectivity index (χ4n) is 1.48. The van der Waals surface area contributed by atoms with Crippen molar-refractivity contribution in [2.75, 3.05) is 5.73 Å². The molecule has 0 bridgehead atoms. The van der Waals surface area contributed by atoms with Gasteiger partial charge >= 0.3 is 6.18 Å². The van der Waals surface area contributed by atoms with E-state index in [0.29, 0.717) is 11.3 Å². The average molecular weight is 226 g/mol. The molecule has 0 saturated carbocycles. The molecule has 0 aliphatic heterocycles. The summed E-state index contributed by atoms with van der Waals surface area (Å²) in [7, 11) is 0. The molecule has 2 aromatic rings. The van der Waals surface area contributed by atoms with Gasteiger partial charge < -0.3 is 10.7 Å². The summed E-state index contributed by atoms with van der Waals surface area (Å²) in [6.45, 7) is 0. The Morgan fingerprint density at radius 2 is 1.88 bits per heavy atom. The molecule has 2 nitrogen and oxygen atoms in total. The van der Waals surface area contributed by atoms with Crippen molar-refractivity contribution in [3.8, 4) is 11.3 Å². The minimum atomic E-state index is -4.38. The van der Waals surface area contributed by atoms with Crippen LogP contribution < -0.4 is 5.73 Å². The molecule has 1 aromatic carbocycles. The van der Waals surface area contributed by atoms with Crippen LogP contribution in [-0.4, -0.2) is 4.98 Å². The lowest BCUT2D eigenvalue weighted by molar-refractivity contribution is -0.137. The Kier molecular flexibility index (Phi) is 2.38. The first-order valence-electron chi connectivity index (χ1n) is 4.58. The van der Waals surface area contributed by atoms with Gasteiger partial charge in [-0.15, -0.1) is 0 Å². The highest BCUT2D eigenvalue weighted by Crippen LogP contribution is 2.33. The second kappa shape index (κ2) is 3.59. The highest BCUT2D eigenvalue weighted by molar-refractivity contribution is 5.65. The first-order valence-corrected chi connectivity index (χ1v) is 4.58. The third-order valence-corrected chi connectivity index (χ3v) is 2.19. The van der Waals surface area contributed by atoms with Crippen molar-refractivity contribution in [2.45, 2.75) is 6.18 Å². The van der Waals surface area contributed by atoms with E-state index in [4.69, 9.17) is 5.73 Å². The number of rotatable bonds is 1. The molecule has 1 aromatic heterocycles. The SMILES string of the molecule is Nc1cc(-c2ccc[nH]2)cc(C(F)(F)F)c1. The van der Waals surface area contributed by atoms with E-state index >= 15 is 0 Å². The van der Waals surface area contributed by atoms with Crippen molar-refractivity contribution in [3.05, 3.63) is 42.1 Å². The lowest BCUT2D eigenvalue weighted by atomic mass is 10.1. The summed E-state index contributed by atoms with van der Waals surface area (Å²) >= 11 is 0. The summed E-state index contributed by atoms with van der Waals surface area (Å²) in [5, 5.41) is 0. The smallest absolute Gasteiger partial charge is 0.399 e. The topological polar surface area (TPSA) is 41.8 Å². The minimum absolute atomic E-state index is 0.0967. The van der Waals surface area contributed by atoms with E-state index in [1.54, 1.807) is 18.3 Å². The summed E-state index contributed by atoms with van der Waals surface area (Å²) in [5.74, 6) is 0. The Morgan fingerprint density at radius 1 is 1.12 bits per heavy atom. The maximum absolute atomic E-state index is 12.5. The first-order chi connectivity index (χ1) is 7.47. The van der Waals surface area contributed by atoms with Crippen LogP contribution >= 0.6 is 0 Å². The van der Waals surface area contributed by atoms with E-state index in [2.05, 4.69) is 4.98 Å². The fourth-order valence-corrected chi connectivity index (χ4v) is 1.48.